The smallest absolute Gasteiger partial charge is 0.160 e. The number of aryl methyl sites for hydroxylation is 4. The van der Waals surface area contributed by atoms with E-state index in [1.807, 2.05) is 19.3 Å². The zero-order chi connectivity index (χ0) is 77.6. The van der Waals surface area contributed by atoms with Crippen molar-refractivity contribution in [3.05, 3.63) is 456 Å². The van der Waals surface area contributed by atoms with Gasteiger partial charge in [0.15, 0.2) is 11.6 Å². The minimum atomic E-state index is -0.673. The summed E-state index contributed by atoms with van der Waals surface area (Å²) in [6.07, 6.45) is 3.90. The molecule has 0 saturated heterocycles. The van der Waals surface area contributed by atoms with Crippen LogP contribution in [0.2, 0.25) is 0 Å². The molecule has 0 spiro atoms. The fraction of sp³-hybridized carbons (Fsp3) is 0.0545. The molecule has 2 atom stereocenters. The average molecular weight is 1480 g/mol. The Balaban J connectivity index is 0.592. The van der Waals surface area contributed by atoms with Gasteiger partial charge in [0.05, 0.1) is 27.9 Å². The first-order chi connectivity index (χ1) is 57.1. The summed E-state index contributed by atoms with van der Waals surface area (Å²) in [6, 6.07) is 138. The third-order valence-corrected chi connectivity index (χ3v) is 24.1. The monoisotopic (exact) mass is 1480 g/mol. The van der Waals surface area contributed by atoms with Crippen LogP contribution in [-0.2, 0) is 10.8 Å². The van der Waals surface area contributed by atoms with Crippen LogP contribution in [0.5, 0.6) is 0 Å². The fourth-order valence-corrected chi connectivity index (χ4v) is 19.0. The molecule has 2 aliphatic carbocycles. The number of nitrogens with zero attached hydrogens (tertiary/aromatic N) is 6. The molecule has 0 fully saturated rings. The summed E-state index contributed by atoms with van der Waals surface area (Å²) in [7, 11) is 0. The molecule has 6 heteroatoms. The van der Waals surface area contributed by atoms with Gasteiger partial charge < -0.3 is 0 Å². The number of fused-ring (bicyclic) bond motifs is 8. The van der Waals surface area contributed by atoms with Gasteiger partial charge in [0.25, 0.3) is 0 Å². The van der Waals surface area contributed by atoms with E-state index in [-0.39, 0.29) is 0 Å². The maximum Gasteiger partial charge on any atom is 0.160 e. The lowest BCUT2D eigenvalue weighted by Crippen LogP contribution is -2.28. The van der Waals surface area contributed by atoms with Gasteiger partial charge in [-0.1, -0.05) is 322 Å². The van der Waals surface area contributed by atoms with E-state index >= 15 is 0 Å². The van der Waals surface area contributed by atoms with Gasteiger partial charge in [0, 0.05) is 62.9 Å². The van der Waals surface area contributed by atoms with Crippen molar-refractivity contribution in [2.45, 2.75) is 38.5 Å². The molecule has 15 aromatic carbocycles. The lowest BCUT2D eigenvalue weighted by atomic mass is 9.67. The molecule has 0 saturated carbocycles. The molecule has 21 rings (SSSR count). The Kier molecular flexibility index (Phi) is 16.8. The van der Waals surface area contributed by atoms with Crippen molar-refractivity contribution in [2.75, 3.05) is 0 Å². The highest BCUT2D eigenvalue weighted by Crippen LogP contribution is 2.61. The van der Waals surface area contributed by atoms with E-state index in [1.54, 1.807) is 0 Å². The van der Waals surface area contributed by atoms with E-state index < -0.39 is 10.8 Å². The third-order valence-electron chi connectivity index (χ3n) is 24.1. The first-order valence-electron chi connectivity index (χ1n) is 39.9. The van der Waals surface area contributed by atoms with Crippen molar-refractivity contribution in [3.63, 3.8) is 0 Å². The second-order valence-electron chi connectivity index (χ2n) is 30.9. The van der Waals surface area contributed by atoms with Crippen LogP contribution < -0.4 is 0 Å². The number of hydrogen-bond donors (Lipinski definition) is 0. The first-order valence-corrected chi connectivity index (χ1v) is 39.9. The van der Waals surface area contributed by atoms with Gasteiger partial charge >= 0.3 is 0 Å². The zero-order valence-electron chi connectivity index (χ0n) is 64.6. The largest absolute Gasteiger partial charge is 0.261 e. The van der Waals surface area contributed by atoms with Gasteiger partial charge in [-0.05, 0) is 226 Å². The Labute approximate surface area is 675 Å². The Hall–Kier alpha value is -14.7. The van der Waals surface area contributed by atoms with Crippen LogP contribution in [0.4, 0.5) is 0 Å². The first kappa shape index (κ1) is 69.2. The number of rotatable bonds is 14. The van der Waals surface area contributed by atoms with Crippen LogP contribution in [0.15, 0.2) is 389 Å². The summed E-state index contributed by atoms with van der Waals surface area (Å²) in [5.41, 5.74) is 36.3. The van der Waals surface area contributed by atoms with Gasteiger partial charge in [0.2, 0.25) is 0 Å². The number of pyridine rings is 2. The highest BCUT2D eigenvalue weighted by molar-refractivity contribution is 6.07. The summed E-state index contributed by atoms with van der Waals surface area (Å²) in [5.74, 6) is 1.36. The molecule has 19 aromatic rings. The minimum Gasteiger partial charge on any atom is -0.261 e. The van der Waals surface area contributed by atoms with E-state index in [2.05, 4.69) is 397 Å². The van der Waals surface area contributed by atoms with Crippen LogP contribution in [0.3, 0.4) is 0 Å². The van der Waals surface area contributed by atoms with E-state index in [0.717, 1.165) is 134 Å². The molecule has 4 aromatic heterocycles. The van der Waals surface area contributed by atoms with Crippen LogP contribution in [0.25, 0.3) is 156 Å². The van der Waals surface area contributed by atoms with Gasteiger partial charge in [-0.15, -0.1) is 0 Å². The molecule has 6 nitrogen and oxygen atoms in total. The normalized spacial score (nSPS) is 14.4. The molecule has 546 valence electrons. The zero-order valence-corrected chi connectivity index (χ0v) is 64.6. The fourth-order valence-electron chi connectivity index (χ4n) is 19.0. The summed E-state index contributed by atoms with van der Waals surface area (Å²) in [4.78, 5) is 31.0. The molecule has 0 aliphatic heterocycles. The standard InChI is InChI=1S/C110H76N6/c1-69-59-60-111-104(61-69)95-38-14-13-36-92(95)97-45-24-48-101-106(97)98-39-16-18-47-100(98)109(101,81-28-7-5-8-29-81)84-33-20-27-78(66-84)107-113-71(3)62-103(115-107)74-53-51-73(52-54-74)85-40-21-26-75-64-77(55-57-89(75)85)87-41-22-43-91-90(87)42-23-44-96(91)105-63-72(4)114-108(116-105)79-56-58-94-93-37-15-17-46-99(93)110(102(94)67-79,82-30-9-6-10-31-82)83-32-19-25-76(65-83)86-34-11-12-35-88(86)80-50-49-70(2)112-68-80/h5-68H,1-4H3. The number of aromatic nitrogens is 6. The third kappa shape index (κ3) is 11.5. The van der Waals surface area contributed by atoms with E-state index in [0.29, 0.717) is 11.6 Å². The highest BCUT2D eigenvalue weighted by atomic mass is 14.9. The van der Waals surface area contributed by atoms with Crippen LogP contribution in [-0.4, -0.2) is 29.9 Å². The molecule has 0 amide bonds. The van der Waals surface area contributed by atoms with E-state index in [9.17, 15) is 0 Å². The van der Waals surface area contributed by atoms with Crippen molar-refractivity contribution in [3.8, 4) is 134 Å². The lowest BCUT2D eigenvalue weighted by Gasteiger charge is -2.34. The van der Waals surface area contributed by atoms with Gasteiger partial charge in [0.1, 0.15) is 0 Å². The predicted octanol–water partition coefficient (Wildman–Crippen LogP) is 27.0. The van der Waals surface area contributed by atoms with E-state index in [4.69, 9.17) is 29.9 Å². The maximum absolute atomic E-state index is 5.55. The van der Waals surface area contributed by atoms with Crippen molar-refractivity contribution >= 4 is 21.5 Å². The molecule has 0 radical (unpaired) electrons. The van der Waals surface area contributed by atoms with Crippen LogP contribution in [0.1, 0.15) is 67.2 Å². The number of benzene rings is 15. The minimum absolute atomic E-state index is 0.666. The summed E-state index contributed by atoms with van der Waals surface area (Å²) in [6.45, 7) is 8.32. The van der Waals surface area contributed by atoms with Crippen molar-refractivity contribution in [2.24, 2.45) is 0 Å². The summed E-state index contributed by atoms with van der Waals surface area (Å²) >= 11 is 0. The Morgan fingerprint density at radius 2 is 0.690 bits per heavy atom. The maximum atomic E-state index is 5.55. The second-order valence-corrected chi connectivity index (χ2v) is 30.9. The van der Waals surface area contributed by atoms with Crippen molar-refractivity contribution in [1.82, 2.24) is 29.9 Å². The van der Waals surface area contributed by atoms with Gasteiger partial charge in [-0.3, -0.25) is 9.97 Å². The topological polar surface area (TPSA) is 77.3 Å². The predicted molar refractivity (Wildman–Crippen MR) is 476 cm³/mol. The average Bonchev–Trinajstić information content (AvgIpc) is 1.53. The molecular weight excluding hydrogens is 1410 g/mol. The Morgan fingerprint density at radius 1 is 0.216 bits per heavy atom. The molecule has 0 bridgehead atoms. The van der Waals surface area contributed by atoms with Crippen molar-refractivity contribution in [1.29, 1.82) is 0 Å². The summed E-state index contributed by atoms with van der Waals surface area (Å²) < 4.78 is 0. The SMILES string of the molecule is Cc1ccnc(-c2ccccc2-c2cccc3c2-c2ccccc2C3(c2ccccc2)c2cccc(-c3nc(C)cc(-c4ccc(-c5cccc6cc(-c7cccc8c(-c9cc(C)nc(-c%10ccc%11c(c%10)C(c%10ccccc%10)(c%10cccc(-c%12ccccc%12-c%12ccc(C)nc%12)c%10)c%10ccccc%10-%11)n9)cccc78)ccc56)cc4)n3)c2)c1. The summed E-state index contributed by atoms with van der Waals surface area (Å²) in [5, 5.41) is 4.61. The van der Waals surface area contributed by atoms with E-state index in [1.165, 1.54) is 77.7 Å². The molecule has 4 heterocycles. The number of hydrogen-bond acceptors (Lipinski definition) is 6. The van der Waals surface area contributed by atoms with Crippen LogP contribution in [0, 0.1) is 27.7 Å². The molecule has 0 N–H and O–H groups in total. The lowest BCUT2D eigenvalue weighted by molar-refractivity contribution is 0.768. The highest BCUT2D eigenvalue weighted by Gasteiger charge is 2.49. The molecule has 2 unspecified atom stereocenters. The Bertz CT molecular complexity index is 7130. The van der Waals surface area contributed by atoms with Gasteiger partial charge in [-0.2, -0.15) is 0 Å². The second kappa shape index (κ2) is 28.2. The van der Waals surface area contributed by atoms with Crippen molar-refractivity contribution < 1.29 is 0 Å². The molecular formula is C110H76N6. The molecule has 116 heavy (non-hydrogen) atoms. The molecule has 2 aliphatic rings. The van der Waals surface area contributed by atoms with Crippen LogP contribution >= 0.6 is 0 Å². The Morgan fingerprint density at radius 3 is 1.40 bits per heavy atom. The quantitative estimate of drug-likeness (QED) is 0.108. The van der Waals surface area contributed by atoms with Gasteiger partial charge in [-0.25, -0.2) is 19.9 Å².